The fourth-order valence-corrected chi connectivity index (χ4v) is 5.31. The van der Waals surface area contributed by atoms with Gasteiger partial charge in [-0.2, -0.15) is 5.10 Å². The van der Waals surface area contributed by atoms with Crippen molar-refractivity contribution in [1.29, 1.82) is 0 Å². The third-order valence-corrected chi connectivity index (χ3v) is 7.59. The molecule has 1 aliphatic heterocycles. The van der Waals surface area contributed by atoms with Gasteiger partial charge in [-0.15, -0.1) is 0 Å². The third kappa shape index (κ3) is 6.82. The van der Waals surface area contributed by atoms with Gasteiger partial charge in [0.15, 0.2) is 5.65 Å². The van der Waals surface area contributed by atoms with Gasteiger partial charge >= 0.3 is 6.03 Å². The summed E-state index contributed by atoms with van der Waals surface area (Å²) in [4.78, 5) is 24.4. The summed E-state index contributed by atoms with van der Waals surface area (Å²) in [6, 6.07) is 25.5. The predicted molar refractivity (Wildman–Crippen MR) is 171 cm³/mol. The van der Waals surface area contributed by atoms with Crippen LogP contribution in [0.1, 0.15) is 18.1 Å². The van der Waals surface area contributed by atoms with Crippen molar-refractivity contribution in [3.8, 4) is 11.3 Å². The molecule has 1 aliphatic rings. The Labute approximate surface area is 251 Å². The number of benzene rings is 3. The first-order chi connectivity index (χ1) is 21.2. The lowest BCUT2D eigenvalue weighted by Gasteiger charge is -2.26. The van der Waals surface area contributed by atoms with Gasteiger partial charge in [-0.25, -0.2) is 19.4 Å². The first kappa shape index (κ1) is 28.3. The summed E-state index contributed by atoms with van der Waals surface area (Å²) in [5.41, 5.74) is 6.17. The summed E-state index contributed by atoms with van der Waals surface area (Å²) >= 11 is 0. The van der Waals surface area contributed by atoms with Crippen LogP contribution in [0.2, 0.25) is 0 Å². The lowest BCUT2D eigenvalue weighted by molar-refractivity contribution is 0.0398. The van der Waals surface area contributed by atoms with E-state index in [-0.39, 0.29) is 6.03 Å². The van der Waals surface area contributed by atoms with Gasteiger partial charge in [-0.3, -0.25) is 4.90 Å². The molecule has 0 saturated carbocycles. The molecule has 10 heteroatoms. The van der Waals surface area contributed by atoms with Gasteiger partial charge in [0.2, 0.25) is 0 Å². The van der Waals surface area contributed by atoms with Gasteiger partial charge in [0.1, 0.15) is 17.8 Å². The largest absolute Gasteiger partial charge is 0.379 e. The van der Waals surface area contributed by atoms with Crippen LogP contribution in [0.5, 0.6) is 0 Å². The van der Waals surface area contributed by atoms with Gasteiger partial charge in [0.05, 0.1) is 25.1 Å². The number of anilines is 3. The molecule has 3 N–H and O–H groups in total. The van der Waals surface area contributed by atoms with Crippen LogP contribution in [-0.4, -0.2) is 70.1 Å². The summed E-state index contributed by atoms with van der Waals surface area (Å²) in [6.45, 7) is 7.70. The van der Waals surface area contributed by atoms with E-state index in [4.69, 9.17) is 9.84 Å². The fourth-order valence-electron chi connectivity index (χ4n) is 5.31. The normalized spacial score (nSPS) is 13.6. The number of nitrogens with one attached hydrogen (secondary N) is 3. The molecule has 0 unspecified atom stereocenters. The molecule has 0 spiro atoms. The highest BCUT2D eigenvalue weighted by Gasteiger charge is 2.19. The maximum Gasteiger partial charge on any atom is 0.323 e. The second kappa shape index (κ2) is 13.5. The van der Waals surface area contributed by atoms with Gasteiger partial charge in [-0.1, -0.05) is 67.6 Å². The van der Waals surface area contributed by atoms with Crippen LogP contribution in [0, 0.1) is 0 Å². The minimum atomic E-state index is -0.286. The van der Waals surface area contributed by atoms with E-state index in [1.807, 2.05) is 71.4 Å². The van der Waals surface area contributed by atoms with E-state index in [0.717, 1.165) is 90.7 Å². The highest BCUT2D eigenvalue weighted by Crippen LogP contribution is 2.32. The number of hydrogen-bond donors (Lipinski definition) is 3. The molecule has 6 rings (SSSR count). The first-order valence-corrected chi connectivity index (χ1v) is 14.7. The number of ether oxygens (including phenoxy) is 1. The van der Waals surface area contributed by atoms with E-state index in [9.17, 15) is 4.79 Å². The molecule has 1 fully saturated rings. The number of carbonyl (C=O) groups excluding carboxylic acids is 1. The number of nitrogens with zero attached hydrogens (tertiary/aromatic N) is 5. The molecule has 0 aliphatic carbocycles. The fraction of sp³-hybridized carbons (Fsp3) is 0.273. The highest BCUT2D eigenvalue weighted by atomic mass is 16.5. The monoisotopic (exact) mass is 576 g/mol. The molecule has 3 aromatic carbocycles. The zero-order valence-electron chi connectivity index (χ0n) is 24.3. The summed E-state index contributed by atoms with van der Waals surface area (Å²) < 4.78 is 7.41. The predicted octanol–water partition coefficient (Wildman–Crippen LogP) is 5.49. The second-order valence-electron chi connectivity index (χ2n) is 10.5. The molecule has 220 valence electrons. The zero-order valence-corrected chi connectivity index (χ0v) is 24.3. The van der Waals surface area contributed by atoms with Crippen molar-refractivity contribution in [2.24, 2.45) is 0 Å². The Hall–Kier alpha value is -4.80. The van der Waals surface area contributed by atoms with E-state index in [2.05, 4.69) is 49.9 Å². The van der Waals surface area contributed by atoms with E-state index in [1.54, 1.807) is 6.33 Å². The molecule has 3 heterocycles. The average molecular weight is 577 g/mol. The maximum atomic E-state index is 12.7. The number of morpholine rings is 1. The summed E-state index contributed by atoms with van der Waals surface area (Å²) in [5.74, 6) is 0.753. The summed E-state index contributed by atoms with van der Waals surface area (Å²) in [7, 11) is 0. The van der Waals surface area contributed by atoms with E-state index < -0.39 is 0 Å². The van der Waals surface area contributed by atoms with Gasteiger partial charge < -0.3 is 20.7 Å². The highest BCUT2D eigenvalue weighted by molar-refractivity contribution is 6.01. The van der Waals surface area contributed by atoms with Crippen LogP contribution >= 0.6 is 0 Å². The lowest BCUT2D eigenvalue weighted by atomic mass is 10.1. The lowest BCUT2D eigenvalue weighted by Crippen LogP contribution is -2.39. The van der Waals surface area contributed by atoms with Crippen molar-refractivity contribution in [1.82, 2.24) is 24.6 Å². The Bertz CT molecular complexity index is 1660. The number of amides is 2. The molecule has 1 saturated heterocycles. The number of para-hydroxylation sites is 1. The molecule has 10 nitrogen and oxygen atoms in total. The van der Waals surface area contributed by atoms with Crippen LogP contribution in [0.15, 0.2) is 85.2 Å². The average Bonchev–Trinajstić information content (AvgIpc) is 3.41. The SMILES string of the molecule is CCc1ccccc1NC(=O)Nc1ccc(-c2nn(Cc3ccccc3)c3ncnc(NCCN4CCOCC4)c23)cc1. The number of fused-ring (bicyclic) bond motifs is 1. The van der Waals surface area contributed by atoms with Crippen molar-refractivity contribution in [3.63, 3.8) is 0 Å². The van der Waals surface area contributed by atoms with Crippen LogP contribution in [0.25, 0.3) is 22.3 Å². The minimum Gasteiger partial charge on any atom is -0.379 e. The Morgan fingerprint density at radius 2 is 1.67 bits per heavy atom. The van der Waals surface area contributed by atoms with E-state index in [0.29, 0.717) is 12.2 Å². The van der Waals surface area contributed by atoms with Crippen molar-refractivity contribution < 1.29 is 9.53 Å². The number of carbonyl (C=O) groups is 1. The number of rotatable bonds is 10. The molecule has 2 aromatic heterocycles. The molecule has 0 radical (unpaired) electrons. The molecular weight excluding hydrogens is 540 g/mol. The summed E-state index contributed by atoms with van der Waals surface area (Å²) in [6.07, 6.45) is 2.43. The van der Waals surface area contributed by atoms with Crippen LogP contribution < -0.4 is 16.0 Å². The first-order valence-electron chi connectivity index (χ1n) is 14.7. The number of urea groups is 1. The number of aryl methyl sites for hydroxylation is 1. The van der Waals surface area contributed by atoms with Crippen LogP contribution in [0.3, 0.4) is 0 Å². The Balaban J connectivity index is 1.25. The standard InChI is InChI=1S/C33H36N8O2/c1-2-25-10-6-7-11-28(25)38-33(42)37-27-14-12-26(13-15-27)30-29-31(34-16-17-40-18-20-43-21-19-40)35-23-36-32(29)41(39-30)22-24-8-4-3-5-9-24/h3-15,23H,2,16-22H2,1H3,(H,34,35,36)(H2,37,38,42). The van der Waals surface area contributed by atoms with Gasteiger partial charge in [0, 0.05) is 43.1 Å². The van der Waals surface area contributed by atoms with Crippen molar-refractivity contribution >= 4 is 34.3 Å². The molecule has 0 atom stereocenters. The zero-order chi connectivity index (χ0) is 29.4. The maximum absolute atomic E-state index is 12.7. The van der Waals surface area contributed by atoms with E-state index in [1.165, 1.54) is 0 Å². The Kier molecular flexibility index (Phi) is 8.86. The molecule has 2 amide bonds. The van der Waals surface area contributed by atoms with Gasteiger partial charge in [0.25, 0.3) is 0 Å². The summed E-state index contributed by atoms with van der Waals surface area (Å²) in [5, 5.41) is 15.3. The second-order valence-corrected chi connectivity index (χ2v) is 10.5. The van der Waals surface area contributed by atoms with E-state index >= 15 is 0 Å². The smallest absolute Gasteiger partial charge is 0.323 e. The molecule has 43 heavy (non-hydrogen) atoms. The van der Waals surface area contributed by atoms with Crippen LogP contribution in [-0.2, 0) is 17.7 Å². The quantitative estimate of drug-likeness (QED) is 0.202. The van der Waals surface area contributed by atoms with Crippen LogP contribution in [0.4, 0.5) is 22.0 Å². The molecular formula is C33H36N8O2. The van der Waals surface area contributed by atoms with Gasteiger partial charge in [-0.05, 0) is 35.7 Å². The minimum absolute atomic E-state index is 0.286. The molecule has 5 aromatic rings. The topological polar surface area (TPSA) is 109 Å². The Morgan fingerprint density at radius 3 is 2.47 bits per heavy atom. The van der Waals surface area contributed by atoms with Crippen molar-refractivity contribution in [2.75, 3.05) is 55.3 Å². The van der Waals surface area contributed by atoms with Crippen molar-refractivity contribution in [2.45, 2.75) is 19.9 Å². The van der Waals surface area contributed by atoms with Crippen molar-refractivity contribution in [3.05, 3.63) is 96.3 Å². The number of aromatic nitrogens is 4. The number of hydrogen-bond acceptors (Lipinski definition) is 7. The Morgan fingerprint density at radius 1 is 0.907 bits per heavy atom. The molecule has 0 bridgehead atoms. The third-order valence-electron chi connectivity index (χ3n) is 7.59.